The normalized spacial score (nSPS) is 9.60. The highest BCUT2D eigenvalue weighted by molar-refractivity contribution is 7.78. The van der Waals surface area contributed by atoms with Gasteiger partial charge < -0.3 is 0 Å². The van der Waals surface area contributed by atoms with E-state index in [0.29, 0.717) is 17.1 Å². The first kappa shape index (κ1) is 11.6. The van der Waals surface area contributed by atoms with Crippen molar-refractivity contribution in [3.8, 4) is 6.07 Å². The average molecular weight is 235 g/mol. The Balaban J connectivity index is 2.92. The lowest BCUT2D eigenvalue weighted by Crippen LogP contribution is -1.73. The van der Waals surface area contributed by atoms with Gasteiger partial charge in [-0.15, -0.1) is 0 Å². The van der Waals surface area contributed by atoms with E-state index in [2.05, 4.69) is 22.4 Å². The molecule has 0 aliphatic carbocycles. The lowest BCUT2D eigenvalue weighted by Gasteiger charge is -1.97. The van der Waals surface area contributed by atoms with E-state index in [9.17, 15) is 0 Å². The van der Waals surface area contributed by atoms with E-state index in [1.165, 1.54) is 0 Å². The van der Waals surface area contributed by atoms with Crippen molar-refractivity contribution in [2.45, 2.75) is 6.42 Å². The maximum Gasteiger partial charge on any atom is 0.0926 e. The Hall–Kier alpha value is -1.46. The first-order valence-corrected chi connectivity index (χ1v) is 4.97. The molecule has 15 heavy (non-hydrogen) atoms. The van der Waals surface area contributed by atoms with E-state index in [0.717, 1.165) is 5.56 Å². The predicted octanol–water partition coefficient (Wildman–Crippen LogP) is 4.00. The van der Waals surface area contributed by atoms with Crippen LogP contribution in [0.2, 0.25) is 5.02 Å². The van der Waals surface area contributed by atoms with Crippen molar-refractivity contribution in [3.63, 3.8) is 0 Å². The largest absolute Gasteiger partial charge is 0.198 e. The van der Waals surface area contributed by atoms with Gasteiger partial charge in [0.2, 0.25) is 0 Å². The van der Waals surface area contributed by atoms with Gasteiger partial charge in [0.1, 0.15) is 0 Å². The molecule has 0 saturated carbocycles. The summed E-state index contributed by atoms with van der Waals surface area (Å²) in [5, 5.41) is 11.1. The number of aliphatic imine (C=N–C) groups is 1. The first-order chi connectivity index (χ1) is 7.27. The summed E-state index contributed by atoms with van der Waals surface area (Å²) in [6.45, 7) is 0. The van der Waals surface area contributed by atoms with Crippen molar-refractivity contribution in [2.75, 3.05) is 0 Å². The minimum absolute atomic E-state index is 0.386. The number of hydrogen-bond acceptors (Lipinski definition) is 3. The molecule has 0 atom stereocenters. The van der Waals surface area contributed by atoms with Gasteiger partial charge >= 0.3 is 0 Å². The standard InChI is InChI=1S/C11H7ClN2S/c12-10-7-9(3-1-2-6-13)4-5-11(10)14-8-15/h1,3-5,7H,2H2. The van der Waals surface area contributed by atoms with Crippen molar-refractivity contribution < 1.29 is 0 Å². The van der Waals surface area contributed by atoms with Crippen LogP contribution in [-0.4, -0.2) is 5.16 Å². The zero-order valence-electron chi connectivity index (χ0n) is 7.77. The molecule has 1 rings (SSSR count). The molecule has 4 heteroatoms. The highest BCUT2D eigenvalue weighted by Crippen LogP contribution is 2.25. The Kier molecular flexibility index (Phi) is 4.73. The summed E-state index contributed by atoms with van der Waals surface area (Å²) in [4.78, 5) is 3.80. The van der Waals surface area contributed by atoms with Gasteiger partial charge in [0, 0.05) is 0 Å². The Morgan fingerprint density at radius 3 is 2.93 bits per heavy atom. The number of allylic oxidation sites excluding steroid dienone is 1. The number of nitrogens with zero attached hydrogens (tertiary/aromatic N) is 2. The topological polar surface area (TPSA) is 36.1 Å². The molecule has 0 radical (unpaired) electrons. The zero-order valence-corrected chi connectivity index (χ0v) is 9.35. The molecule has 0 unspecified atom stereocenters. The van der Waals surface area contributed by atoms with Gasteiger partial charge in [-0.05, 0) is 29.9 Å². The van der Waals surface area contributed by atoms with Gasteiger partial charge in [0.15, 0.2) is 0 Å². The molecule has 1 aromatic rings. The molecule has 0 heterocycles. The van der Waals surface area contributed by atoms with Gasteiger partial charge in [0.05, 0.1) is 28.4 Å². The fourth-order valence-corrected chi connectivity index (χ4v) is 1.34. The maximum atomic E-state index is 8.35. The van der Waals surface area contributed by atoms with Crippen molar-refractivity contribution in [1.82, 2.24) is 0 Å². The van der Waals surface area contributed by atoms with Crippen molar-refractivity contribution in [1.29, 1.82) is 5.26 Å². The smallest absolute Gasteiger partial charge is 0.0926 e. The molecule has 0 amide bonds. The van der Waals surface area contributed by atoms with E-state index in [1.54, 1.807) is 18.2 Å². The van der Waals surface area contributed by atoms with E-state index in [4.69, 9.17) is 16.9 Å². The lowest BCUT2D eigenvalue weighted by molar-refractivity contribution is 1.36. The highest BCUT2D eigenvalue weighted by atomic mass is 35.5. The van der Waals surface area contributed by atoms with Crippen LogP contribution in [0.1, 0.15) is 12.0 Å². The number of benzene rings is 1. The van der Waals surface area contributed by atoms with Crippen LogP contribution >= 0.6 is 23.8 Å². The molecule has 0 aliphatic heterocycles. The quantitative estimate of drug-likeness (QED) is 0.585. The number of halogens is 1. The van der Waals surface area contributed by atoms with Crippen LogP contribution in [0.5, 0.6) is 0 Å². The Labute approximate surface area is 98.5 Å². The summed E-state index contributed by atoms with van der Waals surface area (Å²) in [6.07, 6.45) is 3.99. The average Bonchev–Trinajstić information content (AvgIpc) is 2.23. The third-order valence-electron chi connectivity index (χ3n) is 1.66. The molecular weight excluding hydrogens is 228 g/mol. The van der Waals surface area contributed by atoms with E-state index >= 15 is 0 Å². The Morgan fingerprint density at radius 1 is 1.53 bits per heavy atom. The second kappa shape index (κ2) is 6.10. The summed E-state index contributed by atoms with van der Waals surface area (Å²) in [6, 6.07) is 7.40. The SMILES string of the molecule is N#CCC=Cc1ccc(N=C=S)c(Cl)c1. The molecule has 0 spiro atoms. The van der Waals surface area contributed by atoms with Gasteiger partial charge in [0.25, 0.3) is 0 Å². The molecular formula is C11H7ClN2S. The maximum absolute atomic E-state index is 8.35. The monoisotopic (exact) mass is 234 g/mol. The van der Waals surface area contributed by atoms with Crippen LogP contribution in [0.25, 0.3) is 6.08 Å². The molecule has 0 aromatic heterocycles. The Bertz CT molecular complexity index is 468. The van der Waals surface area contributed by atoms with Gasteiger partial charge in [-0.2, -0.15) is 10.3 Å². The van der Waals surface area contributed by atoms with Crippen molar-refractivity contribution in [2.24, 2.45) is 4.99 Å². The molecule has 0 fully saturated rings. The van der Waals surface area contributed by atoms with Crippen LogP contribution in [0.15, 0.2) is 29.3 Å². The molecule has 74 valence electrons. The summed E-state index contributed by atoms with van der Waals surface area (Å²) in [5.41, 5.74) is 1.53. The number of hydrogen-bond donors (Lipinski definition) is 0. The number of nitriles is 1. The molecule has 0 N–H and O–H groups in total. The summed E-state index contributed by atoms with van der Waals surface area (Å²) < 4.78 is 0. The molecule has 0 aliphatic rings. The number of isothiocyanates is 1. The van der Waals surface area contributed by atoms with Crippen LogP contribution < -0.4 is 0 Å². The summed E-state index contributed by atoms with van der Waals surface area (Å²) in [5.74, 6) is 0. The van der Waals surface area contributed by atoms with E-state index in [1.807, 2.05) is 18.2 Å². The second-order valence-corrected chi connectivity index (χ2v) is 3.27. The number of rotatable bonds is 3. The van der Waals surface area contributed by atoms with Crippen LogP contribution in [0, 0.1) is 11.3 Å². The first-order valence-electron chi connectivity index (χ1n) is 4.19. The third-order valence-corrected chi connectivity index (χ3v) is 2.05. The van der Waals surface area contributed by atoms with Gasteiger partial charge in [-0.25, -0.2) is 0 Å². The Morgan fingerprint density at radius 2 is 2.33 bits per heavy atom. The molecule has 0 saturated heterocycles. The summed E-state index contributed by atoms with van der Waals surface area (Å²) >= 11 is 10.4. The van der Waals surface area contributed by atoms with E-state index in [-0.39, 0.29) is 0 Å². The lowest BCUT2D eigenvalue weighted by atomic mass is 10.2. The van der Waals surface area contributed by atoms with Crippen molar-refractivity contribution in [3.05, 3.63) is 34.9 Å². The minimum atomic E-state index is 0.386. The molecule has 0 bridgehead atoms. The molecule has 2 nitrogen and oxygen atoms in total. The highest BCUT2D eigenvalue weighted by Gasteiger charge is 1.97. The van der Waals surface area contributed by atoms with Crippen molar-refractivity contribution >= 4 is 40.7 Å². The van der Waals surface area contributed by atoms with E-state index < -0.39 is 0 Å². The fourth-order valence-electron chi connectivity index (χ4n) is 1.01. The van der Waals surface area contributed by atoms with Gasteiger partial charge in [-0.3, -0.25) is 0 Å². The molecule has 1 aromatic carbocycles. The van der Waals surface area contributed by atoms with Crippen LogP contribution in [-0.2, 0) is 0 Å². The van der Waals surface area contributed by atoms with Crippen LogP contribution in [0.4, 0.5) is 5.69 Å². The third kappa shape index (κ3) is 3.65. The van der Waals surface area contributed by atoms with Gasteiger partial charge in [-0.1, -0.05) is 29.8 Å². The zero-order chi connectivity index (χ0) is 11.1. The second-order valence-electron chi connectivity index (χ2n) is 2.68. The fraction of sp³-hybridized carbons (Fsp3) is 0.0909. The van der Waals surface area contributed by atoms with Crippen LogP contribution in [0.3, 0.4) is 0 Å². The minimum Gasteiger partial charge on any atom is -0.198 e. The number of thiocarbonyl (C=S) groups is 1. The summed E-state index contributed by atoms with van der Waals surface area (Å²) in [7, 11) is 0. The predicted molar refractivity (Wildman–Crippen MR) is 65.4 cm³/mol.